The molecule has 0 spiro atoms. The average Bonchev–Trinajstić information content (AvgIpc) is 3.32. The molecule has 1 aliphatic rings. The molecular formula is C17H19N7O2. The Kier molecular flexibility index (Phi) is 4.11. The molecule has 1 aliphatic carbocycles. The lowest BCUT2D eigenvalue weighted by molar-refractivity contribution is 0.0946. The second-order valence-electron chi connectivity index (χ2n) is 6.34. The Morgan fingerprint density at radius 2 is 2.04 bits per heavy atom. The van der Waals surface area contributed by atoms with Gasteiger partial charge in [0, 0.05) is 19.5 Å². The summed E-state index contributed by atoms with van der Waals surface area (Å²) in [6, 6.07) is 9.51. The van der Waals surface area contributed by atoms with E-state index < -0.39 is 0 Å². The molecular weight excluding hydrogens is 334 g/mol. The van der Waals surface area contributed by atoms with E-state index in [1.165, 1.54) is 15.6 Å². The number of hydrogen-bond acceptors (Lipinski definition) is 5. The number of nitrogens with one attached hydrogen (secondary N) is 1. The van der Waals surface area contributed by atoms with Crippen LogP contribution in [0.1, 0.15) is 35.1 Å². The first kappa shape index (κ1) is 16.2. The van der Waals surface area contributed by atoms with Crippen molar-refractivity contribution in [2.75, 3.05) is 6.54 Å². The van der Waals surface area contributed by atoms with Gasteiger partial charge in [0.15, 0.2) is 5.69 Å². The minimum absolute atomic E-state index is 0.188. The lowest BCUT2D eigenvalue weighted by Gasteiger charge is -2.03. The third kappa shape index (κ3) is 3.15. The molecule has 0 bridgehead atoms. The van der Waals surface area contributed by atoms with Gasteiger partial charge in [0.2, 0.25) is 0 Å². The maximum absolute atomic E-state index is 12.8. The van der Waals surface area contributed by atoms with E-state index >= 15 is 0 Å². The van der Waals surface area contributed by atoms with Crippen molar-refractivity contribution >= 4 is 5.91 Å². The number of aryl methyl sites for hydroxylation is 1. The zero-order valence-corrected chi connectivity index (χ0v) is 14.4. The first-order chi connectivity index (χ1) is 12.6. The van der Waals surface area contributed by atoms with Gasteiger partial charge in [0.05, 0.1) is 18.4 Å². The molecule has 1 N–H and O–H groups in total. The fourth-order valence-corrected chi connectivity index (χ4v) is 2.81. The van der Waals surface area contributed by atoms with E-state index in [4.69, 9.17) is 0 Å². The average molecular weight is 353 g/mol. The molecule has 3 aromatic rings. The zero-order valence-electron chi connectivity index (χ0n) is 14.4. The minimum Gasteiger partial charge on any atom is -0.349 e. The predicted molar refractivity (Wildman–Crippen MR) is 93.1 cm³/mol. The number of hydrogen-bond donors (Lipinski definition) is 1. The van der Waals surface area contributed by atoms with Gasteiger partial charge in [0.1, 0.15) is 5.82 Å². The van der Waals surface area contributed by atoms with Gasteiger partial charge in [-0.2, -0.15) is 5.10 Å². The van der Waals surface area contributed by atoms with E-state index in [-0.39, 0.29) is 23.8 Å². The van der Waals surface area contributed by atoms with Gasteiger partial charge < -0.3 is 5.32 Å². The maximum Gasteiger partial charge on any atom is 0.350 e. The van der Waals surface area contributed by atoms with Crippen molar-refractivity contribution in [1.82, 2.24) is 34.7 Å². The Hall–Kier alpha value is -3.23. The van der Waals surface area contributed by atoms with Gasteiger partial charge >= 0.3 is 5.69 Å². The monoisotopic (exact) mass is 353 g/mol. The van der Waals surface area contributed by atoms with Gasteiger partial charge in [-0.3, -0.25) is 9.48 Å². The molecule has 9 nitrogen and oxygen atoms in total. The molecule has 2 aromatic heterocycles. The van der Waals surface area contributed by atoms with Crippen molar-refractivity contribution in [1.29, 1.82) is 0 Å². The summed E-state index contributed by atoms with van der Waals surface area (Å²) < 4.78 is 4.54. The molecule has 26 heavy (non-hydrogen) atoms. The van der Waals surface area contributed by atoms with E-state index in [9.17, 15) is 9.59 Å². The van der Waals surface area contributed by atoms with Crippen LogP contribution in [-0.4, -0.2) is 41.8 Å². The van der Waals surface area contributed by atoms with Crippen LogP contribution in [0.2, 0.25) is 0 Å². The van der Waals surface area contributed by atoms with Crippen LogP contribution in [0.25, 0.3) is 5.69 Å². The van der Waals surface area contributed by atoms with Crippen LogP contribution in [0.5, 0.6) is 0 Å². The highest BCUT2D eigenvalue weighted by atomic mass is 16.2. The van der Waals surface area contributed by atoms with E-state index in [2.05, 4.69) is 20.7 Å². The van der Waals surface area contributed by atoms with Crippen LogP contribution < -0.4 is 11.0 Å². The fourth-order valence-electron chi connectivity index (χ4n) is 2.81. The third-order valence-corrected chi connectivity index (χ3v) is 4.27. The highest BCUT2D eigenvalue weighted by molar-refractivity contribution is 5.91. The number of nitrogens with zero attached hydrogens (tertiary/aromatic N) is 6. The molecule has 1 aromatic carbocycles. The standard InChI is InChI=1S/C17H19N7O2/c1-22-11-14(19-21-22)16(25)18-9-10-23-17(26)24(13-5-3-2-4-6-13)15(20-23)12-7-8-12/h2-6,11-12H,7-10H2,1H3,(H,18,25). The number of carbonyl (C=O) groups excluding carboxylic acids is 1. The Morgan fingerprint density at radius 3 is 2.69 bits per heavy atom. The topological polar surface area (TPSA) is 99.6 Å². The van der Waals surface area contributed by atoms with Crippen molar-refractivity contribution in [3.8, 4) is 5.69 Å². The van der Waals surface area contributed by atoms with Crippen LogP contribution >= 0.6 is 0 Å². The molecule has 9 heteroatoms. The van der Waals surface area contributed by atoms with Gasteiger partial charge in [-0.1, -0.05) is 23.4 Å². The summed E-state index contributed by atoms with van der Waals surface area (Å²) in [5, 5.41) is 14.7. The van der Waals surface area contributed by atoms with Crippen LogP contribution in [0.3, 0.4) is 0 Å². The normalized spacial score (nSPS) is 13.7. The number of carbonyl (C=O) groups is 1. The highest BCUT2D eigenvalue weighted by Gasteiger charge is 2.31. The van der Waals surface area contributed by atoms with Crippen LogP contribution in [0.4, 0.5) is 0 Å². The van der Waals surface area contributed by atoms with Crippen LogP contribution in [0.15, 0.2) is 41.3 Å². The summed E-state index contributed by atoms with van der Waals surface area (Å²) in [7, 11) is 1.69. The Labute approximate surface area is 149 Å². The number of amides is 1. The summed E-state index contributed by atoms with van der Waals surface area (Å²) in [5.74, 6) is 0.802. The molecule has 0 saturated heterocycles. The molecule has 134 valence electrons. The molecule has 1 fully saturated rings. The smallest absolute Gasteiger partial charge is 0.349 e. The first-order valence-corrected chi connectivity index (χ1v) is 8.53. The number of para-hydroxylation sites is 1. The predicted octanol–water partition coefficient (Wildman–Crippen LogP) is 0.470. The van der Waals surface area contributed by atoms with Crippen LogP contribution in [-0.2, 0) is 13.6 Å². The molecule has 0 atom stereocenters. The summed E-state index contributed by atoms with van der Waals surface area (Å²) in [6.07, 6.45) is 3.64. The molecule has 0 radical (unpaired) electrons. The van der Waals surface area contributed by atoms with E-state index in [0.29, 0.717) is 12.5 Å². The highest BCUT2D eigenvalue weighted by Crippen LogP contribution is 2.39. The second kappa shape index (κ2) is 6.58. The quantitative estimate of drug-likeness (QED) is 0.694. The van der Waals surface area contributed by atoms with E-state index in [1.54, 1.807) is 11.6 Å². The van der Waals surface area contributed by atoms with Crippen LogP contribution in [0, 0.1) is 0 Å². The number of benzene rings is 1. The molecule has 0 aliphatic heterocycles. The molecule has 4 rings (SSSR count). The SMILES string of the molecule is Cn1cc(C(=O)NCCn2nc(C3CC3)n(-c3ccccc3)c2=O)nn1. The lowest BCUT2D eigenvalue weighted by Crippen LogP contribution is -2.32. The Morgan fingerprint density at radius 1 is 1.27 bits per heavy atom. The van der Waals surface area contributed by atoms with Crippen molar-refractivity contribution < 1.29 is 4.79 Å². The largest absolute Gasteiger partial charge is 0.350 e. The third-order valence-electron chi connectivity index (χ3n) is 4.27. The number of aromatic nitrogens is 6. The van der Waals surface area contributed by atoms with Crippen molar-refractivity contribution in [2.24, 2.45) is 7.05 Å². The number of rotatable bonds is 6. The summed E-state index contributed by atoms with van der Waals surface area (Å²) in [4.78, 5) is 24.8. The first-order valence-electron chi connectivity index (χ1n) is 8.53. The minimum atomic E-state index is -0.323. The second-order valence-corrected chi connectivity index (χ2v) is 6.34. The molecule has 1 amide bonds. The van der Waals surface area contributed by atoms with Gasteiger partial charge in [-0.25, -0.2) is 14.0 Å². The summed E-state index contributed by atoms with van der Waals surface area (Å²) in [5.41, 5.74) is 0.870. The molecule has 2 heterocycles. The Bertz CT molecular complexity index is 982. The van der Waals surface area contributed by atoms with E-state index in [1.807, 2.05) is 30.3 Å². The van der Waals surface area contributed by atoms with Gasteiger partial charge in [-0.05, 0) is 25.0 Å². The van der Waals surface area contributed by atoms with Crippen molar-refractivity contribution in [2.45, 2.75) is 25.3 Å². The van der Waals surface area contributed by atoms with E-state index in [0.717, 1.165) is 24.4 Å². The molecule has 0 unspecified atom stereocenters. The summed E-state index contributed by atoms with van der Waals surface area (Å²) in [6.45, 7) is 0.579. The van der Waals surface area contributed by atoms with Crippen molar-refractivity contribution in [3.05, 3.63) is 58.5 Å². The summed E-state index contributed by atoms with van der Waals surface area (Å²) >= 11 is 0. The lowest BCUT2D eigenvalue weighted by atomic mass is 10.3. The zero-order chi connectivity index (χ0) is 18.1. The van der Waals surface area contributed by atoms with Gasteiger partial charge in [-0.15, -0.1) is 5.10 Å². The van der Waals surface area contributed by atoms with Gasteiger partial charge in [0.25, 0.3) is 5.91 Å². The fraction of sp³-hybridized carbons (Fsp3) is 0.353. The van der Waals surface area contributed by atoms with Crippen molar-refractivity contribution in [3.63, 3.8) is 0 Å². The Balaban J connectivity index is 1.50. The molecule has 1 saturated carbocycles. The maximum atomic E-state index is 12.8.